The summed E-state index contributed by atoms with van der Waals surface area (Å²) in [6.07, 6.45) is 4.30. The van der Waals surface area contributed by atoms with Gasteiger partial charge in [0, 0.05) is 15.4 Å². The van der Waals surface area contributed by atoms with E-state index in [9.17, 15) is 9.59 Å². The number of hydrogen-bond acceptors (Lipinski definition) is 2. The minimum absolute atomic E-state index is 0.0526. The zero-order valence-electron chi connectivity index (χ0n) is 17.2. The highest BCUT2D eigenvalue weighted by Gasteiger charge is 2.62. The molecular formula is C28H20INO2. The average Bonchev–Trinajstić information content (AvgIpc) is 3.46. The number of imide groups is 1. The smallest absolute Gasteiger partial charge is 0.238 e. The fraction of sp³-hybridized carbons (Fsp3) is 0.143. The van der Waals surface area contributed by atoms with E-state index < -0.39 is 0 Å². The molecule has 1 aliphatic heterocycles. The fourth-order valence-corrected chi connectivity index (χ4v) is 6.31. The van der Waals surface area contributed by atoms with Gasteiger partial charge in [-0.15, -0.1) is 0 Å². The number of hydrogen-bond donors (Lipinski definition) is 0. The third-order valence-electron chi connectivity index (χ3n) is 6.92. The molecule has 4 heteroatoms. The van der Waals surface area contributed by atoms with E-state index in [2.05, 4.69) is 59.0 Å². The standard InChI is InChI=1S/C28H20INO2/c29-21-13-7-8-14-22(21)30-27(31)25-19-15-16-20(26(25)28(30)32)24(19)23(17-9-3-1-4-10-17)18-11-5-2-6-12-18/h1-16,19-20,25-26H/t19-,20-,25+,26+/m0/s1. The Hall–Kier alpha value is -2.99. The third-order valence-corrected chi connectivity index (χ3v) is 7.83. The summed E-state index contributed by atoms with van der Waals surface area (Å²) in [6.45, 7) is 0. The first-order chi connectivity index (χ1) is 15.7. The van der Waals surface area contributed by atoms with Crippen molar-refractivity contribution < 1.29 is 9.59 Å². The molecule has 32 heavy (non-hydrogen) atoms. The first kappa shape index (κ1) is 19.7. The first-order valence-electron chi connectivity index (χ1n) is 10.8. The van der Waals surface area contributed by atoms with Gasteiger partial charge in [0.1, 0.15) is 0 Å². The Bertz CT molecular complexity index is 1220. The molecule has 2 amide bonds. The second-order valence-electron chi connectivity index (χ2n) is 8.51. The molecule has 1 saturated heterocycles. The van der Waals surface area contributed by atoms with Crippen LogP contribution in [0.3, 0.4) is 0 Å². The molecule has 2 bridgehead atoms. The molecule has 4 atom stereocenters. The Kier molecular flexibility index (Phi) is 4.65. The number of halogens is 1. The van der Waals surface area contributed by atoms with Gasteiger partial charge in [0.25, 0.3) is 0 Å². The van der Waals surface area contributed by atoms with Gasteiger partial charge in [0.15, 0.2) is 0 Å². The number of allylic oxidation sites excluding steroid dienone is 3. The number of amides is 2. The maximum atomic E-state index is 13.6. The summed E-state index contributed by atoms with van der Waals surface area (Å²) < 4.78 is 0.914. The van der Waals surface area contributed by atoms with E-state index in [1.807, 2.05) is 60.7 Å². The number of rotatable bonds is 3. The second-order valence-corrected chi connectivity index (χ2v) is 9.68. The average molecular weight is 529 g/mol. The molecule has 1 saturated carbocycles. The van der Waals surface area contributed by atoms with Gasteiger partial charge in [-0.05, 0) is 57.0 Å². The Labute approximate surface area is 200 Å². The topological polar surface area (TPSA) is 37.4 Å². The SMILES string of the molecule is O=C1[C@H]2[C@H](C(=O)N1c1ccccc1I)[C@H]1C=C[C@H]2C1=C(c1ccccc1)c1ccccc1. The van der Waals surface area contributed by atoms with Crippen LogP contribution in [-0.2, 0) is 9.59 Å². The van der Waals surface area contributed by atoms with E-state index in [1.165, 1.54) is 10.5 Å². The van der Waals surface area contributed by atoms with Crippen LogP contribution >= 0.6 is 22.6 Å². The van der Waals surface area contributed by atoms with Gasteiger partial charge in [-0.3, -0.25) is 9.59 Å². The molecule has 0 spiro atoms. The van der Waals surface area contributed by atoms with E-state index >= 15 is 0 Å². The van der Waals surface area contributed by atoms with Crippen molar-refractivity contribution in [3.05, 3.63) is 117 Å². The molecule has 6 rings (SSSR count). The Morgan fingerprint density at radius 3 is 1.62 bits per heavy atom. The summed E-state index contributed by atoms with van der Waals surface area (Å²) in [5.74, 6) is -0.902. The zero-order chi connectivity index (χ0) is 21.8. The molecule has 156 valence electrons. The highest BCUT2D eigenvalue weighted by Crippen LogP contribution is 2.59. The number of carbonyl (C=O) groups is 2. The Morgan fingerprint density at radius 2 is 1.12 bits per heavy atom. The number of nitrogens with zero attached hydrogens (tertiary/aromatic N) is 1. The van der Waals surface area contributed by atoms with E-state index in [0.717, 1.165) is 20.3 Å². The minimum atomic E-state index is -0.328. The molecule has 3 aliphatic rings. The maximum absolute atomic E-state index is 13.6. The van der Waals surface area contributed by atoms with E-state index in [4.69, 9.17) is 0 Å². The van der Waals surface area contributed by atoms with Crippen molar-refractivity contribution in [1.29, 1.82) is 0 Å². The summed E-state index contributed by atoms with van der Waals surface area (Å²) in [7, 11) is 0. The van der Waals surface area contributed by atoms with Crippen LogP contribution in [0.4, 0.5) is 5.69 Å². The summed E-state index contributed by atoms with van der Waals surface area (Å²) in [6, 6.07) is 28.3. The second kappa shape index (κ2) is 7.55. The highest BCUT2D eigenvalue weighted by molar-refractivity contribution is 14.1. The van der Waals surface area contributed by atoms with Crippen LogP contribution in [0.5, 0.6) is 0 Å². The van der Waals surface area contributed by atoms with Crippen molar-refractivity contribution in [2.45, 2.75) is 0 Å². The lowest BCUT2D eigenvalue weighted by molar-refractivity contribution is -0.122. The minimum Gasteiger partial charge on any atom is -0.274 e. The zero-order valence-corrected chi connectivity index (χ0v) is 19.3. The molecular weight excluding hydrogens is 509 g/mol. The molecule has 0 N–H and O–H groups in total. The van der Waals surface area contributed by atoms with Gasteiger partial charge in [-0.2, -0.15) is 0 Å². The van der Waals surface area contributed by atoms with Crippen LogP contribution in [-0.4, -0.2) is 11.8 Å². The molecule has 3 nitrogen and oxygen atoms in total. The van der Waals surface area contributed by atoms with Crippen molar-refractivity contribution in [2.24, 2.45) is 23.7 Å². The van der Waals surface area contributed by atoms with Gasteiger partial charge < -0.3 is 0 Å². The summed E-state index contributed by atoms with van der Waals surface area (Å²) >= 11 is 2.20. The van der Waals surface area contributed by atoms with Gasteiger partial charge >= 0.3 is 0 Å². The van der Waals surface area contributed by atoms with Crippen LogP contribution < -0.4 is 4.90 Å². The van der Waals surface area contributed by atoms with Gasteiger partial charge in [-0.25, -0.2) is 4.90 Å². The third kappa shape index (κ3) is 2.78. The lowest BCUT2D eigenvalue weighted by atomic mass is 9.85. The van der Waals surface area contributed by atoms with Crippen molar-refractivity contribution >= 4 is 45.7 Å². The number of carbonyl (C=O) groups excluding carboxylic acids is 2. The van der Waals surface area contributed by atoms with Crippen molar-refractivity contribution in [2.75, 3.05) is 4.90 Å². The molecule has 3 aromatic carbocycles. The van der Waals surface area contributed by atoms with Crippen LogP contribution in [0.2, 0.25) is 0 Å². The van der Waals surface area contributed by atoms with Crippen molar-refractivity contribution in [3.63, 3.8) is 0 Å². The van der Waals surface area contributed by atoms with Gasteiger partial charge in [0.2, 0.25) is 11.8 Å². The highest BCUT2D eigenvalue weighted by atomic mass is 127. The largest absolute Gasteiger partial charge is 0.274 e. The first-order valence-corrected chi connectivity index (χ1v) is 11.9. The number of fused-ring (bicyclic) bond motifs is 5. The molecule has 0 unspecified atom stereocenters. The lowest BCUT2D eigenvalue weighted by Gasteiger charge is -2.22. The van der Waals surface area contributed by atoms with Crippen LogP contribution in [0.15, 0.2) is 103 Å². The molecule has 0 aromatic heterocycles. The number of benzene rings is 3. The molecule has 2 aliphatic carbocycles. The molecule has 3 aromatic rings. The predicted octanol–water partition coefficient (Wildman–Crippen LogP) is 5.71. The molecule has 1 heterocycles. The monoisotopic (exact) mass is 529 g/mol. The molecule has 0 radical (unpaired) electrons. The summed E-state index contributed by atoms with van der Waals surface area (Å²) in [5.41, 5.74) is 5.32. The number of anilines is 1. The van der Waals surface area contributed by atoms with Crippen LogP contribution in [0.25, 0.3) is 5.57 Å². The quantitative estimate of drug-likeness (QED) is 0.248. The van der Waals surface area contributed by atoms with Crippen LogP contribution in [0, 0.1) is 27.2 Å². The normalized spacial score (nSPS) is 25.5. The van der Waals surface area contributed by atoms with E-state index in [1.54, 1.807) is 0 Å². The molecule has 2 fully saturated rings. The van der Waals surface area contributed by atoms with Gasteiger partial charge in [-0.1, -0.05) is 84.9 Å². The Morgan fingerprint density at radius 1 is 0.656 bits per heavy atom. The fourth-order valence-electron chi connectivity index (χ4n) is 5.68. The lowest BCUT2D eigenvalue weighted by Crippen LogP contribution is -2.33. The Balaban J connectivity index is 1.50. The number of para-hydroxylation sites is 1. The predicted molar refractivity (Wildman–Crippen MR) is 134 cm³/mol. The van der Waals surface area contributed by atoms with Crippen molar-refractivity contribution in [3.8, 4) is 0 Å². The van der Waals surface area contributed by atoms with Crippen molar-refractivity contribution in [1.82, 2.24) is 0 Å². The summed E-state index contributed by atoms with van der Waals surface area (Å²) in [5, 5.41) is 0. The maximum Gasteiger partial charge on any atom is 0.238 e. The van der Waals surface area contributed by atoms with Gasteiger partial charge in [0.05, 0.1) is 17.5 Å². The van der Waals surface area contributed by atoms with Crippen LogP contribution in [0.1, 0.15) is 11.1 Å². The van der Waals surface area contributed by atoms with E-state index in [0.29, 0.717) is 5.69 Å². The van der Waals surface area contributed by atoms with E-state index in [-0.39, 0.29) is 35.5 Å². The summed E-state index contributed by atoms with van der Waals surface area (Å²) in [4.78, 5) is 28.7.